The van der Waals surface area contributed by atoms with Crippen LogP contribution in [-0.2, 0) is 17.6 Å². The van der Waals surface area contributed by atoms with E-state index in [4.69, 9.17) is 17.0 Å². The number of amides is 1. The Morgan fingerprint density at radius 1 is 1.41 bits per heavy atom. The Kier molecular flexibility index (Phi) is 6.71. The van der Waals surface area contributed by atoms with Gasteiger partial charge in [-0.15, -0.1) is 11.3 Å². The van der Waals surface area contributed by atoms with Gasteiger partial charge in [0.05, 0.1) is 9.39 Å². The third kappa shape index (κ3) is 4.85. The van der Waals surface area contributed by atoms with Crippen LogP contribution in [0.4, 0.5) is 5.00 Å². The number of carbonyl (C=O) groups excluding carboxylic acids is 1. The summed E-state index contributed by atoms with van der Waals surface area (Å²) in [6.45, 7) is 8.28. The number of fused-ring (bicyclic) bond motifs is 1. The van der Waals surface area contributed by atoms with Crippen LogP contribution < -0.4 is 10.1 Å². The molecule has 0 radical (unpaired) electrons. The average molecular weight is 427 g/mol. The molecule has 0 aliphatic heterocycles. The van der Waals surface area contributed by atoms with Crippen molar-refractivity contribution in [3.05, 3.63) is 49.8 Å². The number of rotatable bonds is 5. The Bertz CT molecular complexity index is 1030. The van der Waals surface area contributed by atoms with Gasteiger partial charge in [0.15, 0.2) is 6.61 Å². The molecule has 3 rings (SSSR count). The maximum Gasteiger partial charge on any atom is 0.262 e. The summed E-state index contributed by atoms with van der Waals surface area (Å²) in [5, 5.41) is 13.1. The summed E-state index contributed by atoms with van der Waals surface area (Å²) in [6.07, 6.45) is 2.77. The van der Waals surface area contributed by atoms with E-state index in [9.17, 15) is 10.1 Å². The van der Waals surface area contributed by atoms with Gasteiger partial charge in [0.2, 0.25) is 0 Å². The minimum atomic E-state index is -0.285. The fourth-order valence-electron chi connectivity index (χ4n) is 3.70. The Hall–Kier alpha value is -2.23. The lowest BCUT2D eigenvalue weighted by Crippen LogP contribution is -2.22. The van der Waals surface area contributed by atoms with Crippen LogP contribution in [0.2, 0.25) is 0 Å². The highest BCUT2D eigenvalue weighted by atomic mass is 32.1. The standard InChI is InChI=1S/C23H26N2O2S2/c1-13(2)16-7-5-15(4)10-20(16)27-12-21(26)25-22-19(11-24)17-8-6-14(3)9-18(17)23(28)29-22/h5,7,10,13-14H,6,8-9,12H2,1-4H3,(H,25,26). The summed E-state index contributed by atoms with van der Waals surface area (Å²) in [6, 6.07) is 8.32. The first-order valence-corrected chi connectivity index (χ1v) is 11.1. The molecule has 6 heteroatoms. The zero-order chi connectivity index (χ0) is 21.1. The second-order valence-corrected chi connectivity index (χ2v) is 9.73. The second kappa shape index (κ2) is 9.06. The zero-order valence-corrected chi connectivity index (χ0v) is 18.9. The minimum absolute atomic E-state index is 0.109. The largest absolute Gasteiger partial charge is 0.483 e. The number of ether oxygens (including phenoxy) is 1. The van der Waals surface area contributed by atoms with Crippen LogP contribution in [0.5, 0.6) is 5.75 Å². The van der Waals surface area contributed by atoms with E-state index in [2.05, 4.69) is 32.2 Å². The van der Waals surface area contributed by atoms with E-state index in [-0.39, 0.29) is 12.5 Å². The molecule has 0 bridgehead atoms. The summed E-state index contributed by atoms with van der Waals surface area (Å²) >= 11 is 6.88. The van der Waals surface area contributed by atoms with Crippen LogP contribution in [0, 0.1) is 28.0 Å². The first-order chi connectivity index (χ1) is 13.8. The lowest BCUT2D eigenvalue weighted by atomic mass is 9.85. The van der Waals surface area contributed by atoms with Gasteiger partial charge in [-0.1, -0.05) is 45.1 Å². The third-order valence-electron chi connectivity index (χ3n) is 5.29. The lowest BCUT2D eigenvalue weighted by Gasteiger charge is -2.23. The van der Waals surface area contributed by atoms with E-state index in [1.165, 1.54) is 11.3 Å². The number of aryl methyl sites for hydroxylation is 1. The van der Waals surface area contributed by atoms with Gasteiger partial charge >= 0.3 is 0 Å². The summed E-state index contributed by atoms with van der Waals surface area (Å²) < 4.78 is 6.59. The Balaban J connectivity index is 1.79. The highest BCUT2D eigenvalue weighted by Gasteiger charge is 2.23. The number of hydrogen-bond acceptors (Lipinski definition) is 5. The molecule has 0 spiro atoms. The Morgan fingerprint density at radius 2 is 2.17 bits per heavy atom. The van der Waals surface area contributed by atoms with Gasteiger partial charge in [-0.2, -0.15) is 5.26 Å². The van der Waals surface area contributed by atoms with Gasteiger partial charge in [-0.25, -0.2) is 0 Å². The number of hydrogen-bond donors (Lipinski definition) is 1. The van der Waals surface area contributed by atoms with E-state index in [0.29, 0.717) is 22.4 Å². The SMILES string of the molecule is Cc1ccc(C(C)C)c(OCC(=O)Nc2sc(=S)c3c(c2C#N)CCC(C)C3)c1. The highest BCUT2D eigenvalue weighted by molar-refractivity contribution is 7.73. The highest BCUT2D eigenvalue weighted by Crippen LogP contribution is 2.36. The second-order valence-electron chi connectivity index (χ2n) is 8.04. The number of nitrogens with zero attached hydrogens (tertiary/aromatic N) is 1. The monoisotopic (exact) mass is 426 g/mol. The molecular weight excluding hydrogens is 400 g/mol. The van der Waals surface area contributed by atoms with E-state index in [1.807, 2.05) is 25.1 Å². The van der Waals surface area contributed by atoms with Gasteiger partial charge in [0.1, 0.15) is 16.8 Å². The van der Waals surface area contributed by atoms with Crippen molar-refractivity contribution in [1.82, 2.24) is 0 Å². The number of nitrogens with one attached hydrogen (secondary N) is 1. The van der Waals surface area contributed by atoms with Crippen LogP contribution in [0.25, 0.3) is 0 Å². The van der Waals surface area contributed by atoms with Crippen LogP contribution in [0.1, 0.15) is 60.9 Å². The topological polar surface area (TPSA) is 62.1 Å². The van der Waals surface area contributed by atoms with Crippen molar-refractivity contribution < 1.29 is 9.53 Å². The van der Waals surface area contributed by atoms with Gasteiger partial charge in [0, 0.05) is 0 Å². The van der Waals surface area contributed by atoms with Crippen LogP contribution in [0.15, 0.2) is 18.2 Å². The predicted octanol–water partition coefficient (Wildman–Crippen LogP) is 5.92. The molecule has 1 amide bonds. The number of nitriles is 1. The minimum Gasteiger partial charge on any atom is -0.483 e. The molecule has 2 aromatic rings. The summed E-state index contributed by atoms with van der Waals surface area (Å²) in [5.41, 5.74) is 4.82. The van der Waals surface area contributed by atoms with Crippen molar-refractivity contribution in [1.29, 1.82) is 5.26 Å². The van der Waals surface area contributed by atoms with Crippen molar-refractivity contribution in [3.8, 4) is 11.8 Å². The van der Waals surface area contributed by atoms with Crippen LogP contribution in [0.3, 0.4) is 0 Å². The third-order valence-corrected chi connectivity index (χ3v) is 6.73. The summed E-state index contributed by atoms with van der Waals surface area (Å²) in [4.78, 5) is 12.6. The first-order valence-electron chi connectivity index (χ1n) is 9.92. The normalized spacial score (nSPS) is 15.5. The number of benzene rings is 1. The van der Waals surface area contributed by atoms with E-state index in [1.54, 1.807) is 0 Å². The van der Waals surface area contributed by atoms with Crippen LogP contribution >= 0.6 is 23.6 Å². The Labute approximate surface area is 181 Å². The van der Waals surface area contributed by atoms with E-state index < -0.39 is 0 Å². The molecule has 0 saturated heterocycles. The fourth-order valence-corrected chi connectivity index (χ4v) is 5.10. The van der Waals surface area contributed by atoms with Gasteiger partial charge in [-0.3, -0.25) is 4.79 Å². The van der Waals surface area contributed by atoms with Crippen LogP contribution in [-0.4, -0.2) is 12.5 Å². The molecule has 1 aliphatic rings. The molecule has 1 atom stereocenters. The molecule has 29 heavy (non-hydrogen) atoms. The van der Waals surface area contributed by atoms with Crippen molar-refractivity contribution in [2.24, 2.45) is 5.92 Å². The van der Waals surface area contributed by atoms with E-state index in [0.717, 1.165) is 51.1 Å². The first kappa shape index (κ1) is 21.5. The summed E-state index contributed by atoms with van der Waals surface area (Å²) in [7, 11) is 0. The number of anilines is 1. The number of carbonyl (C=O) groups is 1. The predicted molar refractivity (Wildman–Crippen MR) is 120 cm³/mol. The zero-order valence-electron chi connectivity index (χ0n) is 17.3. The van der Waals surface area contributed by atoms with E-state index >= 15 is 0 Å². The average Bonchev–Trinajstić information content (AvgIpc) is 2.67. The van der Waals surface area contributed by atoms with Crippen molar-refractivity contribution in [3.63, 3.8) is 0 Å². The molecule has 152 valence electrons. The van der Waals surface area contributed by atoms with Gasteiger partial charge in [0.25, 0.3) is 5.91 Å². The Morgan fingerprint density at radius 3 is 2.86 bits per heavy atom. The van der Waals surface area contributed by atoms with Gasteiger partial charge in [-0.05, 0) is 66.3 Å². The molecule has 0 saturated carbocycles. The lowest BCUT2D eigenvalue weighted by molar-refractivity contribution is -0.118. The molecule has 0 fully saturated rings. The molecule has 1 N–H and O–H groups in total. The molecule has 1 heterocycles. The molecule has 4 nitrogen and oxygen atoms in total. The maximum absolute atomic E-state index is 12.6. The fraction of sp³-hybridized carbons (Fsp3) is 0.435. The molecule has 1 aromatic carbocycles. The van der Waals surface area contributed by atoms with Gasteiger partial charge < -0.3 is 10.1 Å². The summed E-state index contributed by atoms with van der Waals surface area (Å²) in [5.74, 6) is 1.31. The molecule has 1 unspecified atom stereocenters. The van der Waals surface area contributed by atoms with Crippen molar-refractivity contribution >= 4 is 34.5 Å². The molecule has 1 aliphatic carbocycles. The van der Waals surface area contributed by atoms with Crippen molar-refractivity contribution in [2.75, 3.05) is 11.9 Å². The smallest absolute Gasteiger partial charge is 0.262 e. The molecule has 1 aromatic heterocycles. The quantitative estimate of drug-likeness (QED) is 0.603. The molecular formula is C23H26N2O2S2. The maximum atomic E-state index is 12.6. The van der Waals surface area contributed by atoms with Crippen molar-refractivity contribution in [2.45, 2.75) is 52.9 Å².